The van der Waals surface area contributed by atoms with E-state index >= 15 is 0 Å². The van der Waals surface area contributed by atoms with Gasteiger partial charge in [-0.3, -0.25) is 10.1 Å². The minimum absolute atomic E-state index is 0.150. The van der Waals surface area contributed by atoms with Gasteiger partial charge in [-0.05, 0) is 12.8 Å². The average Bonchev–Trinajstić information content (AvgIpc) is 3.19. The maximum Gasteiger partial charge on any atom is 0.339 e. The molecule has 7 heteroatoms. The van der Waals surface area contributed by atoms with Gasteiger partial charge in [0.05, 0.1) is 4.92 Å². The minimum Gasteiger partial charge on any atom is -0.478 e. The fourth-order valence-electron chi connectivity index (χ4n) is 1.87. The Hall–Kier alpha value is -2.44. The first-order valence-corrected chi connectivity index (χ1v) is 5.80. The third-order valence-corrected chi connectivity index (χ3v) is 2.88. The van der Waals surface area contributed by atoms with Crippen LogP contribution >= 0.6 is 0 Å². The first-order valence-electron chi connectivity index (χ1n) is 5.80. The van der Waals surface area contributed by atoms with Crippen LogP contribution in [0.15, 0.2) is 24.9 Å². The molecule has 1 heterocycles. The summed E-state index contributed by atoms with van der Waals surface area (Å²) in [5.41, 5.74) is -0.474. The number of hydrogen-bond donors (Lipinski definition) is 1. The van der Waals surface area contributed by atoms with Crippen molar-refractivity contribution >= 4 is 17.5 Å². The van der Waals surface area contributed by atoms with E-state index in [0.29, 0.717) is 6.54 Å². The fourth-order valence-corrected chi connectivity index (χ4v) is 1.87. The second-order valence-corrected chi connectivity index (χ2v) is 4.30. The summed E-state index contributed by atoms with van der Waals surface area (Å²) in [7, 11) is 0. The van der Waals surface area contributed by atoms with Gasteiger partial charge in [-0.2, -0.15) is 0 Å². The molecular weight excluding hydrogens is 250 g/mol. The Labute approximate surface area is 109 Å². The Morgan fingerprint density at radius 2 is 2.37 bits per heavy atom. The molecule has 0 saturated heterocycles. The highest BCUT2D eigenvalue weighted by molar-refractivity contribution is 5.94. The molecule has 0 spiro atoms. The van der Waals surface area contributed by atoms with E-state index in [1.807, 2.05) is 4.90 Å². The van der Waals surface area contributed by atoms with E-state index in [1.54, 1.807) is 6.08 Å². The van der Waals surface area contributed by atoms with E-state index in [2.05, 4.69) is 11.6 Å². The molecule has 0 unspecified atom stereocenters. The van der Waals surface area contributed by atoms with Crippen molar-refractivity contribution in [2.24, 2.45) is 0 Å². The van der Waals surface area contributed by atoms with Gasteiger partial charge in [-0.1, -0.05) is 6.08 Å². The molecule has 19 heavy (non-hydrogen) atoms. The molecule has 100 valence electrons. The monoisotopic (exact) mass is 263 g/mol. The molecule has 1 fully saturated rings. The van der Waals surface area contributed by atoms with Gasteiger partial charge < -0.3 is 10.0 Å². The fraction of sp³-hybridized carbons (Fsp3) is 0.333. The van der Waals surface area contributed by atoms with Crippen molar-refractivity contribution in [2.45, 2.75) is 18.9 Å². The highest BCUT2D eigenvalue weighted by atomic mass is 16.6. The van der Waals surface area contributed by atoms with E-state index < -0.39 is 10.9 Å². The molecule has 0 amide bonds. The number of nitro groups is 1. The predicted molar refractivity (Wildman–Crippen MR) is 68.4 cm³/mol. The summed E-state index contributed by atoms with van der Waals surface area (Å²) in [6.45, 7) is 4.10. The zero-order valence-electron chi connectivity index (χ0n) is 10.2. The quantitative estimate of drug-likeness (QED) is 0.478. The third-order valence-electron chi connectivity index (χ3n) is 2.88. The van der Waals surface area contributed by atoms with Crippen LogP contribution in [0.2, 0.25) is 0 Å². The largest absolute Gasteiger partial charge is 0.478 e. The van der Waals surface area contributed by atoms with Crippen molar-refractivity contribution in [2.75, 3.05) is 11.4 Å². The summed E-state index contributed by atoms with van der Waals surface area (Å²) in [6.07, 6.45) is 4.67. The molecule has 1 N–H and O–H groups in total. The lowest BCUT2D eigenvalue weighted by molar-refractivity contribution is -0.385. The van der Waals surface area contributed by atoms with Crippen molar-refractivity contribution in [3.63, 3.8) is 0 Å². The number of pyridine rings is 1. The maximum atomic E-state index is 11.2. The number of anilines is 1. The molecule has 0 bridgehead atoms. The van der Waals surface area contributed by atoms with E-state index in [9.17, 15) is 20.0 Å². The lowest BCUT2D eigenvalue weighted by Gasteiger charge is -2.23. The first kappa shape index (κ1) is 13.0. The Morgan fingerprint density at radius 3 is 2.84 bits per heavy atom. The molecular formula is C12H13N3O4. The standard InChI is InChI=1S/C12H13N3O4/c1-2-5-14(8-3-4-8)11-10(12(16)17)6-9(7-13-11)15(18)19/h2,6-8H,1,3-5H2,(H,16,17). The van der Waals surface area contributed by atoms with E-state index in [0.717, 1.165) is 25.1 Å². The highest BCUT2D eigenvalue weighted by Crippen LogP contribution is 2.33. The molecule has 0 radical (unpaired) electrons. The van der Waals surface area contributed by atoms with Crippen LogP contribution in [0.4, 0.5) is 11.5 Å². The Balaban J connectivity index is 2.45. The van der Waals surface area contributed by atoms with Gasteiger partial charge in [0.15, 0.2) is 0 Å². The molecule has 2 rings (SSSR count). The van der Waals surface area contributed by atoms with Crippen LogP contribution in [-0.4, -0.2) is 33.6 Å². The zero-order chi connectivity index (χ0) is 14.0. The van der Waals surface area contributed by atoms with Gasteiger partial charge in [0.1, 0.15) is 17.6 Å². The molecule has 1 aliphatic carbocycles. The summed E-state index contributed by atoms with van der Waals surface area (Å²) in [5, 5.41) is 19.8. The lowest BCUT2D eigenvalue weighted by Crippen LogP contribution is -2.28. The predicted octanol–water partition coefficient (Wildman–Crippen LogP) is 1.84. The van der Waals surface area contributed by atoms with Crippen molar-refractivity contribution in [1.29, 1.82) is 0 Å². The first-order chi connectivity index (χ1) is 9.04. The smallest absolute Gasteiger partial charge is 0.339 e. The van der Waals surface area contributed by atoms with Crippen LogP contribution in [0.3, 0.4) is 0 Å². The molecule has 0 aliphatic heterocycles. The number of hydrogen-bond acceptors (Lipinski definition) is 5. The van der Waals surface area contributed by atoms with Gasteiger partial charge in [-0.25, -0.2) is 9.78 Å². The molecule has 1 aliphatic rings. The van der Waals surface area contributed by atoms with Crippen LogP contribution in [-0.2, 0) is 0 Å². The number of carboxylic acid groups (broad SMARTS) is 1. The number of carboxylic acids is 1. The Bertz CT molecular complexity index is 540. The second kappa shape index (κ2) is 5.05. The summed E-state index contributed by atoms with van der Waals surface area (Å²) in [6, 6.07) is 1.29. The van der Waals surface area contributed by atoms with Crippen molar-refractivity contribution < 1.29 is 14.8 Å². The number of aromatic carboxylic acids is 1. The minimum atomic E-state index is -1.22. The summed E-state index contributed by atoms with van der Waals surface area (Å²) < 4.78 is 0. The molecule has 0 atom stereocenters. The van der Waals surface area contributed by atoms with Gasteiger partial charge in [-0.15, -0.1) is 6.58 Å². The molecule has 0 aromatic carbocycles. The highest BCUT2D eigenvalue weighted by Gasteiger charge is 2.32. The Kier molecular flexibility index (Phi) is 3.46. The van der Waals surface area contributed by atoms with Crippen LogP contribution in [0.1, 0.15) is 23.2 Å². The maximum absolute atomic E-state index is 11.2. The normalized spacial score (nSPS) is 13.9. The lowest BCUT2D eigenvalue weighted by atomic mass is 10.2. The average molecular weight is 263 g/mol. The van der Waals surface area contributed by atoms with Crippen LogP contribution in [0, 0.1) is 10.1 Å². The van der Waals surface area contributed by atoms with Gasteiger partial charge in [0.2, 0.25) is 0 Å². The number of carbonyl (C=O) groups is 1. The topological polar surface area (TPSA) is 96.6 Å². The molecule has 1 aromatic rings. The van der Waals surface area contributed by atoms with Crippen molar-refractivity contribution in [1.82, 2.24) is 4.98 Å². The number of nitrogens with zero attached hydrogens (tertiary/aromatic N) is 3. The molecule has 1 saturated carbocycles. The van der Waals surface area contributed by atoms with Crippen molar-refractivity contribution in [3.05, 3.63) is 40.6 Å². The number of rotatable bonds is 6. The zero-order valence-corrected chi connectivity index (χ0v) is 10.2. The van der Waals surface area contributed by atoms with E-state index in [-0.39, 0.29) is 23.1 Å². The summed E-state index contributed by atoms with van der Waals surface area (Å²) in [5.74, 6) is -0.957. The SMILES string of the molecule is C=CCN(c1ncc([N+](=O)[O-])cc1C(=O)O)C1CC1. The molecule has 7 nitrogen and oxygen atoms in total. The second-order valence-electron chi connectivity index (χ2n) is 4.30. The molecule has 1 aromatic heterocycles. The van der Waals surface area contributed by atoms with E-state index in [4.69, 9.17) is 0 Å². The van der Waals surface area contributed by atoms with Crippen LogP contribution < -0.4 is 4.90 Å². The van der Waals surface area contributed by atoms with Gasteiger partial charge in [0.25, 0.3) is 5.69 Å². The van der Waals surface area contributed by atoms with Crippen LogP contribution in [0.5, 0.6) is 0 Å². The summed E-state index contributed by atoms with van der Waals surface area (Å²) >= 11 is 0. The van der Waals surface area contributed by atoms with E-state index in [1.165, 1.54) is 0 Å². The van der Waals surface area contributed by atoms with Gasteiger partial charge in [0, 0.05) is 18.7 Å². The van der Waals surface area contributed by atoms with Crippen LogP contribution in [0.25, 0.3) is 0 Å². The Morgan fingerprint density at radius 1 is 1.68 bits per heavy atom. The van der Waals surface area contributed by atoms with Gasteiger partial charge >= 0.3 is 5.97 Å². The summed E-state index contributed by atoms with van der Waals surface area (Å²) in [4.78, 5) is 27.0. The third kappa shape index (κ3) is 2.70. The van der Waals surface area contributed by atoms with Crippen molar-refractivity contribution in [3.8, 4) is 0 Å². The number of aromatic nitrogens is 1.